The molecule has 0 aromatic carbocycles. The monoisotopic (exact) mass is 323 g/mol. The number of nitrogens with zero attached hydrogens (tertiary/aromatic N) is 5. The first-order valence-corrected chi connectivity index (χ1v) is 8.23. The molecule has 24 heavy (non-hydrogen) atoms. The summed E-state index contributed by atoms with van der Waals surface area (Å²) in [5, 5.41) is 0. The molecule has 0 aliphatic heterocycles. The van der Waals surface area contributed by atoms with E-state index >= 15 is 0 Å². The number of fused-ring (bicyclic) bond motifs is 1. The largest absolute Gasteiger partial charge is 0.310 e. The minimum absolute atomic E-state index is 0.120. The number of hydrogen-bond acceptors (Lipinski definition) is 4. The van der Waals surface area contributed by atoms with Gasteiger partial charge in [0.05, 0.1) is 17.4 Å². The standard InChI is InChI=1S/C18H21N5O/c1-3-5-6-7-14(4-2)22-10-11-23-17(24)12-16(21-18(22)23)15-8-9-19-13-20-15/h4,8-14H,2-3,5-7H2,1H3. The minimum Gasteiger partial charge on any atom is -0.310 e. The molecular formula is C18H21N5O. The van der Waals surface area contributed by atoms with Gasteiger partial charge in [0.1, 0.15) is 6.33 Å². The maximum atomic E-state index is 12.4. The molecule has 3 aromatic rings. The SMILES string of the molecule is C=CC(CCCCC)n1ccn2c(=O)cc(-c3ccncn3)nc12. The van der Waals surface area contributed by atoms with Gasteiger partial charge in [-0.15, -0.1) is 6.58 Å². The Morgan fingerprint density at radius 2 is 2.17 bits per heavy atom. The molecule has 124 valence electrons. The van der Waals surface area contributed by atoms with Crippen LogP contribution >= 0.6 is 0 Å². The lowest BCUT2D eigenvalue weighted by Gasteiger charge is -2.15. The lowest BCUT2D eigenvalue weighted by Crippen LogP contribution is -2.15. The van der Waals surface area contributed by atoms with Crippen molar-refractivity contribution in [1.29, 1.82) is 0 Å². The molecule has 0 saturated carbocycles. The lowest BCUT2D eigenvalue weighted by molar-refractivity contribution is 0.527. The van der Waals surface area contributed by atoms with Gasteiger partial charge in [0.25, 0.3) is 5.56 Å². The highest BCUT2D eigenvalue weighted by atomic mass is 16.1. The van der Waals surface area contributed by atoms with E-state index in [1.165, 1.54) is 25.2 Å². The van der Waals surface area contributed by atoms with Crippen molar-refractivity contribution >= 4 is 5.78 Å². The first-order chi connectivity index (χ1) is 11.7. The second-order valence-electron chi connectivity index (χ2n) is 5.75. The molecule has 0 saturated heterocycles. The smallest absolute Gasteiger partial charge is 0.259 e. The molecule has 0 N–H and O–H groups in total. The van der Waals surface area contributed by atoms with Gasteiger partial charge in [-0.25, -0.2) is 15.0 Å². The Bertz CT molecular complexity index is 881. The van der Waals surface area contributed by atoms with Crippen molar-refractivity contribution in [2.45, 2.75) is 38.6 Å². The second-order valence-corrected chi connectivity index (χ2v) is 5.75. The van der Waals surface area contributed by atoms with Crippen LogP contribution in [0.1, 0.15) is 38.6 Å². The number of allylic oxidation sites excluding steroid dienone is 1. The van der Waals surface area contributed by atoms with Crippen molar-refractivity contribution in [3.63, 3.8) is 0 Å². The minimum atomic E-state index is -0.122. The summed E-state index contributed by atoms with van der Waals surface area (Å²) in [5.74, 6) is 0.609. The maximum absolute atomic E-state index is 12.4. The Labute approximate surface area is 140 Å². The van der Waals surface area contributed by atoms with E-state index in [9.17, 15) is 4.79 Å². The molecule has 0 spiro atoms. The molecule has 6 nitrogen and oxygen atoms in total. The topological polar surface area (TPSA) is 65.1 Å². The highest BCUT2D eigenvalue weighted by Gasteiger charge is 2.14. The van der Waals surface area contributed by atoms with Crippen molar-refractivity contribution in [2.75, 3.05) is 0 Å². The van der Waals surface area contributed by atoms with Gasteiger partial charge in [-0.3, -0.25) is 9.20 Å². The second kappa shape index (κ2) is 7.21. The van der Waals surface area contributed by atoms with Gasteiger partial charge in [0.15, 0.2) is 0 Å². The molecule has 1 unspecified atom stereocenters. The normalized spacial score (nSPS) is 12.4. The molecule has 0 amide bonds. The van der Waals surface area contributed by atoms with Gasteiger partial charge in [-0.1, -0.05) is 32.3 Å². The van der Waals surface area contributed by atoms with Crippen LogP contribution in [0.2, 0.25) is 0 Å². The van der Waals surface area contributed by atoms with Gasteiger partial charge >= 0.3 is 0 Å². The van der Waals surface area contributed by atoms with Gasteiger partial charge in [0.2, 0.25) is 5.78 Å². The van der Waals surface area contributed by atoms with Crippen LogP contribution in [0.4, 0.5) is 0 Å². The third-order valence-corrected chi connectivity index (χ3v) is 4.12. The predicted octanol–water partition coefficient (Wildman–Crippen LogP) is 3.26. The molecule has 3 heterocycles. The van der Waals surface area contributed by atoms with Crippen molar-refractivity contribution < 1.29 is 0 Å². The Morgan fingerprint density at radius 3 is 2.88 bits per heavy atom. The zero-order valence-electron chi connectivity index (χ0n) is 13.8. The predicted molar refractivity (Wildman–Crippen MR) is 93.9 cm³/mol. The zero-order valence-corrected chi connectivity index (χ0v) is 13.8. The Hall–Kier alpha value is -2.76. The van der Waals surface area contributed by atoms with Crippen LogP contribution in [0.15, 0.2) is 54.5 Å². The van der Waals surface area contributed by atoms with Crippen LogP contribution in [-0.4, -0.2) is 23.9 Å². The molecule has 6 heteroatoms. The highest BCUT2D eigenvalue weighted by Crippen LogP contribution is 2.20. The van der Waals surface area contributed by atoms with E-state index in [1.807, 2.05) is 16.8 Å². The van der Waals surface area contributed by atoms with Crippen molar-refractivity contribution in [2.24, 2.45) is 0 Å². The van der Waals surface area contributed by atoms with Crippen LogP contribution in [0.5, 0.6) is 0 Å². The number of imidazole rings is 1. The van der Waals surface area contributed by atoms with Crippen molar-refractivity contribution in [1.82, 2.24) is 23.9 Å². The first kappa shape index (κ1) is 16.1. The fourth-order valence-corrected chi connectivity index (χ4v) is 2.81. The zero-order chi connectivity index (χ0) is 16.9. The molecule has 0 fully saturated rings. The fraction of sp³-hybridized carbons (Fsp3) is 0.333. The average molecular weight is 323 g/mol. The van der Waals surface area contributed by atoms with E-state index in [0.717, 1.165) is 12.8 Å². The van der Waals surface area contributed by atoms with Crippen LogP contribution in [0, 0.1) is 0 Å². The highest BCUT2D eigenvalue weighted by molar-refractivity contribution is 5.55. The van der Waals surface area contributed by atoms with Crippen molar-refractivity contribution in [3.05, 3.63) is 60.1 Å². The van der Waals surface area contributed by atoms with E-state index < -0.39 is 0 Å². The van der Waals surface area contributed by atoms with E-state index in [1.54, 1.807) is 22.9 Å². The summed E-state index contributed by atoms with van der Waals surface area (Å²) in [6, 6.07) is 3.37. The summed E-state index contributed by atoms with van der Waals surface area (Å²) in [6.07, 6.45) is 13.1. The van der Waals surface area contributed by atoms with Crippen LogP contribution in [0.25, 0.3) is 17.2 Å². The summed E-state index contributed by atoms with van der Waals surface area (Å²) in [6.45, 7) is 6.13. The van der Waals surface area contributed by atoms with Gasteiger partial charge in [-0.2, -0.15) is 0 Å². The molecule has 0 bridgehead atoms. The number of hydrogen-bond donors (Lipinski definition) is 0. The molecule has 0 radical (unpaired) electrons. The number of unbranched alkanes of at least 4 members (excludes halogenated alkanes) is 2. The van der Waals surface area contributed by atoms with Crippen LogP contribution in [-0.2, 0) is 0 Å². The average Bonchev–Trinajstić information content (AvgIpc) is 3.04. The third kappa shape index (κ3) is 3.13. The van der Waals surface area contributed by atoms with Gasteiger partial charge in [-0.05, 0) is 12.5 Å². The van der Waals surface area contributed by atoms with Gasteiger partial charge in [0, 0.05) is 24.7 Å². The van der Waals surface area contributed by atoms with Crippen molar-refractivity contribution in [3.8, 4) is 11.4 Å². The van der Waals surface area contributed by atoms with Crippen LogP contribution < -0.4 is 5.56 Å². The summed E-state index contributed by atoms with van der Waals surface area (Å²) >= 11 is 0. The lowest BCUT2D eigenvalue weighted by atomic mass is 10.1. The van der Waals surface area contributed by atoms with E-state index in [0.29, 0.717) is 17.2 Å². The van der Waals surface area contributed by atoms with E-state index in [2.05, 4.69) is 28.5 Å². The maximum Gasteiger partial charge on any atom is 0.259 e. The van der Waals surface area contributed by atoms with E-state index in [4.69, 9.17) is 0 Å². The quantitative estimate of drug-likeness (QED) is 0.494. The summed E-state index contributed by atoms with van der Waals surface area (Å²) in [5.41, 5.74) is 1.07. The summed E-state index contributed by atoms with van der Waals surface area (Å²) in [7, 11) is 0. The molecule has 0 aliphatic carbocycles. The van der Waals surface area contributed by atoms with Gasteiger partial charge < -0.3 is 4.57 Å². The van der Waals surface area contributed by atoms with Crippen LogP contribution in [0.3, 0.4) is 0 Å². The first-order valence-electron chi connectivity index (χ1n) is 8.23. The molecule has 1 atom stereocenters. The summed E-state index contributed by atoms with van der Waals surface area (Å²) in [4.78, 5) is 25.1. The molecule has 3 rings (SSSR count). The fourth-order valence-electron chi connectivity index (χ4n) is 2.81. The third-order valence-electron chi connectivity index (χ3n) is 4.12. The Morgan fingerprint density at radius 1 is 1.29 bits per heavy atom. The molecule has 0 aliphatic rings. The summed E-state index contributed by atoms with van der Waals surface area (Å²) < 4.78 is 3.57. The number of rotatable bonds is 7. The molecule has 3 aromatic heterocycles. The Balaban J connectivity index is 2.05. The number of aromatic nitrogens is 5. The Kier molecular flexibility index (Phi) is 4.84. The molecular weight excluding hydrogens is 302 g/mol. The van der Waals surface area contributed by atoms with E-state index in [-0.39, 0.29) is 11.6 Å².